The highest BCUT2D eigenvalue weighted by Gasteiger charge is 2.39. The number of benzene rings is 2. The van der Waals surface area contributed by atoms with Crippen molar-refractivity contribution in [3.05, 3.63) is 65.5 Å². The number of rotatable bonds is 7. The number of hydrogen-bond donors (Lipinski definition) is 1. The summed E-state index contributed by atoms with van der Waals surface area (Å²) >= 11 is 0. The van der Waals surface area contributed by atoms with Gasteiger partial charge in [0.2, 0.25) is 11.8 Å². The van der Waals surface area contributed by atoms with Crippen LogP contribution in [0.15, 0.2) is 48.5 Å². The van der Waals surface area contributed by atoms with E-state index in [1.54, 1.807) is 30.3 Å². The van der Waals surface area contributed by atoms with Crippen LogP contribution in [0.3, 0.4) is 0 Å². The highest BCUT2D eigenvalue weighted by Crippen LogP contribution is 2.33. The minimum absolute atomic E-state index is 0.0297. The summed E-state index contributed by atoms with van der Waals surface area (Å²) in [5.74, 6) is -0.751. The van der Waals surface area contributed by atoms with Crippen LogP contribution in [0.2, 0.25) is 0 Å². The van der Waals surface area contributed by atoms with Gasteiger partial charge in [-0.05, 0) is 36.6 Å². The third kappa shape index (κ3) is 6.03. The number of nitriles is 1. The summed E-state index contributed by atoms with van der Waals surface area (Å²) in [5, 5.41) is 12.6. The zero-order valence-corrected chi connectivity index (χ0v) is 20.7. The Kier molecular flexibility index (Phi) is 8.55. The van der Waals surface area contributed by atoms with Crippen LogP contribution in [-0.2, 0) is 16.1 Å². The molecule has 1 N–H and O–H groups in total. The molecular formula is C28H33FN4O3. The first kappa shape index (κ1) is 25.6. The van der Waals surface area contributed by atoms with Crippen LogP contribution in [0.25, 0.3) is 0 Å². The minimum atomic E-state index is -0.846. The number of piperazine rings is 1. The second-order valence-corrected chi connectivity index (χ2v) is 9.54. The maximum atomic E-state index is 13.5. The van der Waals surface area contributed by atoms with E-state index in [2.05, 4.69) is 16.3 Å². The first-order valence-corrected chi connectivity index (χ1v) is 12.6. The van der Waals surface area contributed by atoms with Crippen molar-refractivity contribution in [3.8, 4) is 11.8 Å². The summed E-state index contributed by atoms with van der Waals surface area (Å²) in [6.07, 6.45) is 3.12. The number of halogens is 1. The van der Waals surface area contributed by atoms with E-state index in [4.69, 9.17) is 4.74 Å². The van der Waals surface area contributed by atoms with Crippen molar-refractivity contribution in [2.45, 2.75) is 38.3 Å². The van der Waals surface area contributed by atoms with E-state index in [9.17, 15) is 19.2 Å². The highest BCUT2D eigenvalue weighted by molar-refractivity contribution is 5.88. The molecule has 4 rings (SSSR count). The summed E-state index contributed by atoms with van der Waals surface area (Å²) in [5.41, 5.74) is 1.65. The van der Waals surface area contributed by atoms with Crippen molar-refractivity contribution in [2.75, 3.05) is 33.3 Å². The van der Waals surface area contributed by atoms with E-state index < -0.39 is 12.0 Å². The van der Waals surface area contributed by atoms with Crippen LogP contribution in [0.4, 0.5) is 4.39 Å². The van der Waals surface area contributed by atoms with E-state index >= 15 is 0 Å². The number of nitrogens with zero attached hydrogens (tertiary/aromatic N) is 3. The number of hydrogen-bond acceptors (Lipinski definition) is 5. The quantitative estimate of drug-likeness (QED) is 0.638. The molecule has 0 radical (unpaired) electrons. The molecule has 2 amide bonds. The van der Waals surface area contributed by atoms with Gasteiger partial charge >= 0.3 is 0 Å². The summed E-state index contributed by atoms with van der Waals surface area (Å²) in [6.45, 7) is 3.39. The number of nitrogens with one attached hydrogen (secondary N) is 1. The molecule has 1 heterocycles. The monoisotopic (exact) mass is 492 g/mol. The molecule has 0 aromatic heterocycles. The maximum absolute atomic E-state index is 13.5. The zero-order valence-electron chi connectivity index (χ0n) is 20.7. The van der Waals surface area contributed by atoms with Crippen LogP contribution in [0.5, 0.6) is 5.75 Å². The average molecular weight is 493 g/mol. The van der Waals surface area contributed by atoms with Crippen LogP contribution in [0, 0.1) is 29.0 Å². The molecule has 0 spiro atoms. The van der Waals surface area contributed by atoms with Gasteiger partial charge in [-0.25, -0.2) is 4.39 Å². The maximum Gasteiger partial charge on any atom is 0.226 e. The zero-order chi connectivity index (χ0) is 25.5. The minimum Gasteiger partial charge on any atom is -0.496 e. The van der Waals surface area contributed by atoms with Crippen molar-refractivity contribution >= 4 is 11.8 Å². The Hall–Kier alpha value is -3.44. The molecule has 0 bridgehead atoms. The van der Waals surface area contributed by atoms with Crippen molar-refractivity contribution in [1.29, 1.82) is 5.26 Å². The van der Waals surface area contributed by atoms with Gasteiger partial charge in [-0.3, -0.25) is 14.5 Å². The third-order valence-corrected chi connectivity index (χ3v) is 7.29. The summed E-state index contributed by atoms with van der Waals surface area (Å²) in [7, 11) is 1.53. The molecule has 2 aromatic rings. The molecule has 7 nitrogen and oxygen atoms in total. The van der Waals surface area contributed by atoms with E-state index in [0.29, 0.717) is 37.2 Å². The summed E-state index contributed by atoms with van der Waals surface area (Å²) in [4.78, 5) is 30.9. The van der Waals surface area contributed by atoms with E-state index in [0.717, 1.165) is 38.0 Å². The Morgan fingerprint density at radius 1 is 1.06 bits per heavy atom. The SMILES string of the molecule is COc1ccccc1C(C#N)NC(=O)C1CCCCC1C(=O)N1CCN(Cc2ccc(F)cc2)CC1. The first-order chi connectivity index (χ1) is 17.5. The van der Waals surface area contributed by atoms with Gasteiger partial charge in [-0.2, -0.15) is 5.26 Å². The van der Waals surface area contributed by atoms with E-state index in [-0.39, 0.29) is 23.5 Å². The summed E-state index contributed by atoms with van der Waals surface area (Å²) in [6, 6.07) is 15.0. The van der Waals surface area contributed by atoms with E-state index in [1.165, 1.54) is 19.2 Å². The molecule has 1 saturated carbocycles. The highest BCUT2D eigenvalue weighted by atomic mass is 19.1. The van der Waals surface area contributed by atoms with Crippen LogP contribution < -0.4 is 10.1 Å². The van der Waals surface area contributed by atoms with Gasteiger partial charge in [0.05, 0.1) is 13.2 Å². The Morgan fingerprint density at radius 3 is 2.39 bits per heavy atom. The van der Waals surface area contributed by atoms with Crippen LogP contribution in [-0.4, -0.2) is 54.9 Å². The fourth-order valence-corrected chi connectivity index (χ4v) is 5.28. The molecule has 190 valence electrons. The fourth-order valence-electron chi connectivity index (χ4n) is 5.28. The predicted molar refractivity (Wildman–Crippen MR) is 133 cm³/mol. The molecule has 1 aliphatic carbocycles. The lowest BCUT2D eigenvalue weighted by Gasteiger charge is -2.39. The topological polar surface area (TPSA) is 85.7 Å². The first-order valence-electron chi connectivity index (χ1n) is 12.6. The molecule has 1 saturated heterocycles. The van der Waals surface area contributed by atoms with Gasteiger partial charge in [0, 0.05) is 50.1 Å². The molecule has 8 heteroatoms. The second-order valence-electron chi connectivity index (χ2n) is 9.54. The Bertz CT molecular complexity index is 1090. The predicted octanol–water partition coefficient (Wildman–Crippen LogP) is 3.67. The van der Waals surface area contributed by atoms with Crippen molar-refractivity contribution in [2.24, 2.45) is 11.8 Å². The lowest BCUT2D eigenvalue weighted by atomic mass is 9.77. The number of methoxy groups -OCH3 is 1. The number of carbonyl (C=O) groups is 2. The van der Waals surface area contributed by atoms with Crippen LogP contribution >= 0.6 is 0 Å². The molecule has 2 aromatic carbocycles. The molecule has 36 heavy (non-hydrogen) atoms. The smallest absolute Gasteiger partial charge is 0.226 e. The largest absolute Gasteiger partial charge is 0.496 e. The van der Waals surface area contributed by atoms with Gasteiger partial charge in [0.1, 0.15) is 17.6 Å². The number of ether oxygens (including phenoxy) is 1. The summed E-state index contributed by atoms with van der Waals surface area (Å²) < 4.78 is 18.5. The standard InChI is InChI=1S/C28H33FN4O3/c1-36-26-9-5-4-8-24(26)25(18-30)31-27(34)22-6-2-3-7-23(22)28(35)33-16-14-32(15-17-33)19-20-10-12-21(29)13-11-20/h4-5,8-13,22-23,25H,2-3,6-7,14-17,19H2,1H3,(H,31,34). The Morgan fingerprint density at radius 2 is 1.72 bits per heavy atom. The van der Waals surface area contributed by atoms with Gasteiger partial charge < -0.3 is 15.0 Å². The molecule has 2 fully saturated rings. The van der Waals surface area contributed by atoms with Gasteiger partial charge in [0.25, 0.3) is 0 Å². The second kappa shape index (κ2) is 12.0. The third-order valence-electron chi connectivity index (χ3n) is 7.29. The van der Waals surface area contributed by atoms with E-state index in [1.807, 2.05) is 11.0 Å². The van der Waals surface area contributed by atoms with Crippen LogP contribution in [0.1, 0.15) is 42.9 Å². The van der Waals surface area contributed by atoms with Gasteiger partial charge in [0.15, 0.2) is 0 Å². The lowest BCUT2D eigenvalue weighted by molar-refractivity contribution is -0.145. The average Bonchev–Trinajstić information content (AvgIpc) is 2.93. The molecule has 2 aliphatic rings. The van der Waals surface area contributed by atoms with Crippen molar-refractivity contribution < 1.29 is 18.7 Å². The fraction of sp³-hybridized carbons (Fsp3) is 0.464. The number of amides is 2. The Balaban J connectivity index is 1.37. The molecular weight excluding hydrogens is 459 g/mol. The number of carbonyl (C=O) groups excluding carboxylic acids is 2. The molecule has 3 unspecified atom stereocenters. The van der Waals surface area contributed by atoms with Gasteiger partial charge in [-0.15, -0.1) is 0 Å². The van der Waals surface area contributed by atoms with Crippen molar-refractivity contribution in [1.82, 2.24) is 15.1 Å². The lowest BCUT2D eigenvalue weighted by Crippen LogP contribution is -2.52. The number of para-hydroxylation sites is 1. The molecule has 3 atom stereocenters. The Labute approximate surface area is 211 Å². The normalized spacial score (nSPS) is 21.3. The molecule has 1 aliphatic heterocycles. The van der Waals surface area contributed by atoms with Crippen molar-refractivity contribution in [3.63, 3.8) is 0 Å². The van der Waals surface area contributed by atoms with Gasteiger partial charge in [-0.1, -0.05) is 43.2 Å².